The highest BCUT2D eigenvalue weighted by Crippen LogP contribution is 2.19. The van der Waals surface area contributed by atoms with Gasteiger partial charge in [0.05, 0.1) is 4.75 Å². The van der Waals surface area contributed by atoms with Crippen molar-refractivity contribution in [2.24, 2.45) is 4.99 Å². The second kappa shape index (κ2) is 7.83. The molecule has 0 aromatic carbocycles. The van der Waals surface area contributed by atoms with Gasteiger partial charge < -0.3 is 10.6 Å². The normalized spacial score (nSPS) is 18.8. The number of piperidine rings is 1. The molecule has 0 aromatic heterocycles. The fraction of sp³-hybridized carbons (Fsp3) is 0.938. The molecule has 2 N–H and O–H groups in total. The third kappa shape index (κ3) is 5.95. The summed E-state index contributed by atoms with van der Waals surface area (Å²) < 4.78 is 22.7. The van der Waals surface area contributed by atoms with E-state index in [-0.39, 0.29) is 5.54 Å². The number of hydrogen-bond donors (Lipinski definition) is 2. The van der Waals surface area contributed by atoms with E-state index in [1.807, 2.05) is 0 Å². The summed E-state index contributed by atoms with van der Waals surface area (Å²) in [4.78, 5) is 6.71. The van der Waals surface area contributed by atoms with Crippen LogP contribution in [0, 0.1) is 0 Å². The number of sulfone groups is 1. The van der Waals surface area contributed by atoms with Gasteiger partial charge in [0.1, 0.15) is 0 Å². The molecule has 0 amide bonds. The maximum atomic E-state index is 11.8. The van der Waals surface area contributed by atoms with Crippen molar-refractivity contribution in [3.8, 4) is 0 Å². The van der Waals surface area contributed by atoms with Crippen LogP contribution in [0.3, 0.4) is 0 Å². The van der Waals surface area contributed by atoms with Gasteiger partial charge in [-0.25, -0.2) is 8.42 Å². The summed E-state index contributed by atoms with van der Waals surface area (Å²) in [6.07, 6.45) is 5.12. The van der Waals surface area contributed by atoms with Gasteiger partial charge >= 0.3 is 0 Å². The second-order valence-corrected chi connectivity index (χ2v) is 10.3. The molecule has 0 unspecified atom stereocenters. The molecule has 0 bridgehead atoms. The molecule has 0 spiro atoms. The summed E-state index contributed by atoms with van der Waals surface area (Å²) in [7, 11) is -1.42. The molecule has 136 valence electrons. The first-order valence-corrected chi connectivity index (χ1v) is 10.3. The maximum absolute atomic E-state index is 11.8. The SMILES string of the molecule is CN=C(NCC(C)(C)N1CCCCC1)NCC(C)(C)S(C)(=O)=O. The van der Waals surface area contributed by atoms with Crippen LogP contribution in [0.4, 0.5) is 0 Å². The standard InChI is InChI=1S/C16H34N4O2S/c1-15(2,20-10-8-7-9-11-20)12-18-14(17-5)19-13-16(3,4)23(6,21)22/h7-13H2,1-6H3,(H2,17,18,19). The maximum Gasteiger partial charge on any atom is 0.191 e. The van der Waals surface area contributed by atoms with Gasteiger partial charge in [-0.1, -0.05) is 6.42 Å². The van der Waals surface area contributed by atoms with E-state index in [2.05, 4.69) is 34.4 Å². The third-order valence-corrected chi connectivity index (χ3v) is 6.96. The minimum Gasteiger partial charge on any atom is -0.355 e. The van der Waals surface area contributed by atoms with Gasteiger partial charge in [0.25, 0.3) is 0 Å². The Morgan fingerprint density at radius 2 is 1.57 bits per heavy atom. The first kappa shape index (κ1) is 20.2. The zero-order chi connectivity index (χ0) is 17.7. The number of guanidine groups is 1. The average molecular weight is 347 g/mol. The lowest BCUT2D eigenvalue weighted by Gasteiger charge is -2.41. The number of rotatable bonds is 6. The van der Waals surface area contributed by atoms with Crippen LogP contribution in [0.2, 0.25) is 0 Å². The van der Waals surface area contributed by atoms with E-state index in [9.17, 15) is 8.42 Å². The molecule has 0 saturated carbocycles. The van der Waals surface area contributed by atoms with E-state index in [1.54, 1.807) is 20.9 Å². The van der Waals surface area contributed by atoms with Crippen LogP contribution in [-0.4, -0.2) is 69.0 Å². The number of likely N-dealkylation sites (tertiary alicyclic amines) is 1. The van der Waals surface area contributed by atoms with Crippen LogP contribution in [0.25, 0.3) is 0 Å². The Morgan fingerprint density at radius 1 is 1.04 bits per heavy atom. The molecule has 0 radical (unpaired) electrons. The van der Waals surface area contributed by atoms with Crippen molar-refractivity contribution >= 4 is 15.8 Å². The van der Waals surface area contributed by atoms with Crippen molar-refractivity contribution in [1.82, 2.24) is 15.5 Å². The lowest BCUT2D eigenvalue weighted by molar-refractivity contribution is 0.0982. The minimum atomic E-state index is -3.12. The predicted octanol–water partition coefficient (Wildman–Crippen LogP) is 1.24. The zero-order valence-corrected chi connectivity index (χ0v) is 16.4. The summed E-state index contributed by atoms with van der Waals surface area (Å²) in [5.41, 5.74) is 0.0460. The Morgan fingerprint density at radius 3 is 2.04 bits per heavy atom. The van der Waals surface area contributed by atoms with E-state index < -0.39 is 14.6 Å². The van der Waals surface area contributed by atoms with Crippen molar-refractivity contribution in [2.45, 2.75) is 57.2 Å². The molecule has 1 saturated heterocycles. The summed E-state index contributed by atoms with van der Waals surface area (Å²) in [5, 5.41) is 6.47. The van der Waals surface area contributed by atoms with Crippen LogP contribution in [0.1, 0.15) is 47.0 Å². The fourth-order valence-corrected chi connectivity index (χ4v) is 2.89. The zero-order valence-electron chi connectivity index (χ0n) is 15.6. The molecular formula is C16H34N4O2S. The van der Waals surface area contributed by atoms with Crippen LogP contribution in [-0.2, 0) is 9.84 Å². The first-order valence-electron chi connectivity index (χ1n) is 8.39. The van der Waals surface area contributed by atoms with Crippen molar-refractivity contribution < 1.29 is 8.42 Å². The Bertz CT molecular complexity index is 506. The Hall–Kier alpha value is -0.820. The van der Waals surface area contributed by atoms with Gasteiger partial charge in [0, 0.05) is 31.9 Å². The summed E-state index contributed by atoms with van der Waals surface area (Å²) in [6, 6.07) is 0. The highest BCUT2D eigenvalue weighted by molar-refractivity contribution is 7.92. The molecular weight excluding hydrogens is 312 g/mol. The Balaban J connectivity index is 2.54. The lowest BCUT2D eigenvalue weighted by Crippen LogP contribution is -2.56. The number of nitrogens with zero attached hydrogens (tertiary/aromatic N) is 2. The molecule has 7 heteroatoms. The number of hydrogen-bond acceptors (Lipinski definition) is 4. The molecule has 1 aliphatic heterocycles. The molecule has 1 aliphatic rings. The second-order valence-electron chi connectivity index (χ2n) is 7.67. The Labute approximate surface area is 142 Å². The largest absolute Gasteiger partial charge is 0.355 e. The topological polar surface area (TPSA) is 73.8 Å². The molecule has 0 aliphatic carbocycles. The lowest BCUT2D eigenvalue weighted by atomic mass is 9.98. The highest BCUT2D eigenvalue weighted by Gasteiger charge is 2.31. The summed E-state index contributed by atoms with van der Waals surface area (Å²) in [5.74, 6) is 0.645. The van der Waals surface area contributed by atoms with Crippen molar-refractivity contribution in [3.05, 3.63) is 0 Å². The van der Waals surface area contributed by atoms with Gasteiger partial charge in [0.2, 0.25) is 0 Å². The van der Waals surface area contributed by atoms with Gasteiger partial charge in [0.15, 0.2) is 15.8 Å². The smallest absolute Gasteiger partial charge is 0.191 e. The van der Waals surface area contributed by atoms with E-state index in [0.717, 1.165) is 19.6 Å². The monoisotopic (exact) mass is 346 g/mol. The quantitative estimate of drug-likeness (QED) is 0.559. The molecule has 1 rings (SSSR count). The van der Waals surface area contributed by atoms with Gasteiger partial charge in [-0.2, -0.15) is 0 Å². The van der Waals surface area contributed by atoms with Crippen LogP contribution < -0.4 is 10.6 Å². The number of nitrogens with one attached hydrogen (secondary N) is 2. The van der Waals surface area contributed by atoms with Gasteiger partial charge in [-0.05, 0) is 53.6 Å². The summed E-state index contributed by atoms with van der Waals surface area (Å²) >= 11 is 0. The van der Waals surface area contributed by atoms with Crippen molar-refractivity contribution in [3.63, 3.8) is 0 Å². The first-order chi connectivity index (χ1) is 10.5. The molecule has 23 heavy (non-hydrogen) atoms. The minimum absolute atomic E-state index is 0.0460. The van der Waals surface area contributed by atoms with E-state index in [1.165, 1.54) is 25.5 Å². The van der Waals surface area contributed by atoms with Gasteiger partial charge in [-0.3, -0.25) is 9.89 Å². The molecule has 0 atom stereocenters. The van der Waals surface area contributed by atoms with Crippen molar-refractivity contribution in [1.29, 1.82) is 0 Å². The summed E-state index contributed by atoms with van der Waals surface area (Å²) in [6.45, 7) is 11.3. The number of aliphatic imine (C=N–C) groups is 1. The third-order valence-electron chi connectivity index (χ3n) is 4.81. The predicted molar refractivity (Wildman–Crippen MR) is 97.8 cm³/mol. The Kier molecular flexibility index (Phi) is 6.89. The average Bonchev–Trinajstić information content (AvgIpc) is 2.47. The van der Waals surface area contributed by atoms with Crippen LogP contribution in [0.15, 0.2) is 4.99 Å². The molecule has 6 nitrogen and oxygen atoms in total. The van der Waals surface area contributed by atoms with Gasteiger partial charge in [-0.15, -0.1) is 0 Å². The molecule has 0 aromatic rings. The van der Waals surface area contributed by atoms with Crippen LogP contribution >= 0.6 is 0 Å². The van der Waals surface area contributed by atoms with Crippen LogP contribution in [0.5, 0.6) is 0 Å². The van der Waals surface area contributed by atoms with E-state index in [0.29, 0.717) is 12.5 Å². The molecule has 1 heterocycles. The van der Waals surface area contributed by atoms with Crippen molar-refractivity contribution in [2.75, 3.05) is 39.5 Å². The highest BCUT2D eigenvalue weighted by atomic mass is 32.2. The van der Waals surface area contributed by atoms with E-state index >= 15 is 0 Å². The fourth-order valence-electron chi connectivity index (χ4n) is 2.56. The molecule has 1 fully saturated rings. The van der Waals surface area contributed by atoms with E-state index in [4.69, 9.17) is 0 Å².